The van der Waals surface area contributed by atoms with E-state index >= 15 is 0 Å². The Labute approximate surface area is 161 Å². The molecule has 2 unspecified atom stereocenters. The van der Waals surface area contributed by atoms with Gasteiger partial charge in [-0.25, -0.2) is 0 Å². The number of hydrogen-bond acceptors (Lipinski definition) is 3. The molecule has 1 aliphatic heterocycles. The lowest BCUT2D eigenvalue weighted by atomic mass is 9.82. The van der Waals surface area contributed by atoms with Gasteiger partial charge in [0, 0.05) is 12.5 Å². The van der Waals surface area contributed by atoms with Crippen molar-refractivity contribution in [3.63, 3.8) is 0 Å². The molecular formula is C18H39Cl2N3O. The van der Waals surface area contributed by atoms with Crippen LogP contribution < -0.4 is 10.6 Å². The Morgan fingerprint density at radius 1 is 1.21 bits per heavy atom. The van der Waals surface area contributed by atoms with Gasteiger partial charge in [0.1, 0.15) is 0 Å². The molecule has 0 bridgehead atoms. The van der Waals surface area contributed by atoms with Crippen molar-refractivity contribution in [2.24, 2.45) is 17.3 Å². The van der Waals surface area contributed by atoms with Gasteiger partial charge in [-0.15, -0.1) is 24.8 Å². The number of rotatable bonds is 7. The minimum atomic E-state index is 0. The van der Waals surface area contributed by atoms with Crippen LogP contribution in [0.2, 0.25) is 0 Å². The second kappa shape index (κ2) is 12.3. The highest BCUT2D eigenvalue weighted by atomic mass is 35.5. The number of halogens is 2. The highest BCUT2D eigenvalue weighted by Crippen LogP contribution is 2.26. The minimum Gasteiger partial charge on any atom is -0.353 e. The van der Waals surface area contributed by atoms with E-state index in [1.807, 2.05) is 0 Å². The van der Waals surface area contributed by atoms with Crippen LogP contribution in [0.25, 0.3) is 0 Å². The summed E-state index contributed by atoms with van der Waals surface area (Å²) in [7, 11) is 4.17. The number of nitrogens with one attached hydrogen (secondary N) is 2. The summed E-state index contributed by atoms with van der Waals surface area (Å²) >= 11 is 0. The third-order valence-electron chi connectivity index (χ3n) is 4.94. The van der Waals surface area contributed by atoms with Crippen LogP contribution in [-0.2, 0) is 4.79 Å². The van der Waals surface area contributed by atoms with Gasteiger partial charge in [0.25, 0.3) is 0 Å². The molecule has 0 aromatic carbocycles. The van der Waals surface area contributed by atoms with Crippen LogP contribution in [0.4, 0.5) is 0 Å². The molecule has 4 nitrogen and oxygen atoms in total. The van der Waals surface area contributed by atoms with E-state index in [0.29, 0.717) is 18.3 Å². The molecule has 0 radical (unpaired) electrons. The summed E-state index contributed by atoms with van der Waals surface area (Å²) in [5, 5.41) is 6.70. The van der Waals surface area contributed by atoms with E-state index in [9.17, 15) is 4.79 Å². The average Bonchev–Trinajstić information content (AvgIpc) is 2.42. The summed E-state index contributed by atoms with van der Waals surface area (Å²) in [6.45, 7) is 12.1. The van der Waals surface area contributed by atoms with Crippen LogP contribution in [0, 0.1) is 17.3 Å². The predicted octanol–water partition coefficient (Wildman–Crippen LogP) is 3.34. The number of carbonyl (C=O) groups is 1. The molecule has 0 saturated carbocycles. The molecule has 2 N–H and O–H groups in total. The zero-order valence-corrected chi connectivity index (χ0v) is 18.0. The minimum absolute atomic E-state index is 0. The molecule has 1 rings (SSSR count). The second-order valence-electron chi connectivity index (χ2n) is 8.35. The normalized spacial score (nSPS) is 18.3. The number of carbonyl (C=O) groups excluding carboxylic acids is 1. The maximum atomic E-state index is 12.5. The molecule has 1 aliphatic rings. The summed E-state index contributed by atoms with van der Waals surface area (Å²) in [6.07, 6.45) is 4.08. The van der Waals surface area contributed by atoms with Crippen LogP contribution in [0.1, 0.15) is 53.4 Å². The zero-order chi connectivity index (χ0) is 16.8. The van der Waals surface area contributed by atoms with Crippen molar-refractivity contribution in [2.75, 3.05) is 33.7 Å². The van der Waals surface area contributed by atoms with Crippen molar-refractivity contribution in [1.29, 1.82) is 0 Å². The number of piperidine rings is 1. The molecule has 1 saturated heterocycles. The molecule has 0 spiro atoms. The molecule has 0 aromatic rings. The Morgan fingerprint density at radius 2 is 1.75 bits per heavy atom. The van der Waals surface area contributed by atoms with Crippen LogP contribution in [0.15, 0.2) is 0 Å². The molecule has 0 aromatic heterocycles. The Hall–Kier alpha value is -0.0300. The first-order valence-corrected chi connectivity index (χ1v) is 8.85. The third kappa shape index (κ3) is 10.1. The molecule has 24 heavy (non-hydrogen) atoms. The van der Waals surface area contributed by atoms with E-state index in [1.165, 1.54) is 12.8 Å². The van der Waals surface area contributed by atoms with Gasteiger partial charge in [-0.2, -0.15) is 0 Å². The Balaban J connectivity index is 0. The van der Waals surface area contributed by atoms with E-state index in [4.69, 9.17) is 0 Å². The van der Waals surface area contributed by atoms with Gasteiger partial charge in [-0.1, -0.05) is 27.7 Å². The lowest BCUT2D eigenvalue weighted by Gasteiger charge is -2.33. The first kappa shape index (κ1) is 26.2. The van der Waals surface area contributed by atoms with Crippen LogP contribution in [0.5, 0.6) is 0 Å². The van der Waals surface area contributed by atoms with Crippen molar-refractivity contribution in [3.05, 3.63) is 0 Å². The SMILES string of the molecule is CC(CC(=O)NC(CCN(C)C)C(C)(C)C)C1CCNCC1.Cl.Cl. The second-order valence-corrected chi connectivity index (χ2v) is 8.35. The van der Waals surface area contributed by atoms with Gasteiger partial charge < -0.3 is 15.5 Å². The average molecular weight is 384 g/mol. The fourth-order valence-electron chi connectivity index (χ4n) is 3.23. The Bertz CT molecular complexity index is 340. The highest BCUT2D eigenvalue weighted by Gasteiger charge is 2.28. The van der Waals surface area contributed by atoms with E-state index in [1.54, 1.807) is 0 Å². The van der Waals surface area contributed by atoms with E-state index < -0.39 is 0 Å². The first-order chi connectivity index (χ1) is 10.2. The predicted molar refractivity (Wildman–Crippen MR) is 108 cm³/mol. The first-order valence-electron chi connectivity index (χ1n) is 8.85. The molecule has 0 aliphatic carbocycles. The van der Waals surface area contributed by atoms with Crippen molar-refractivity contribution in [1.82, 2.24) is 15.5 Å². The largest absolute Gasteiger partial charge is 0.353 e. The Morgan fingerprint density at radius 3 is 2.21 bits per heavy atom. The van der Waals surface area contributed by atoms with E-state index in [0.717, 1.165) is 26.1 Å². The molecule has 6 heteroatoms. The van der Waals surface area contributed by atoms with E-state index in [-0.39, 0.29) is 42.2 Å². The van der Waals surface area contributed by atoms with Gasteiger partial charge in [0.05, 0.1) is 0 Å². The zero-order valence-electron chi connectivity index (χ0n) is 16.4. The summed E-state index contributed by atoms with van der Waals surface area (Å²) in [4.78, 5) is 14.6. The molecule has 1 fully saturated rings. The maximum Gasteiger partial charge on any atom is 0.220 e. The van der Waals surface area contributed by atoms with E-state index in [2.05, 4.69) is 57.3 Å². The summed E-state index contributed by atoms with van der Waals surface area (Å²) in [6, 6.07) is 0.239. The van der Waals surface area contributed by atoms with Crippen molar-refractivity contribution in [3.8, 4) is 0 Å². The van der Waals surface area contributed by atoms with Gasteiger partial charge in [-0.05, 0) is 70.2 Å². The summed E-state index contributed by atoms with van der Waals surface area (Å²) in [5.74, 6) is 1.41. The fourth-order valence-corrected chi connectivity index (χ4v) is 3.23. The molecular weight excluding hydrogens is 345 g/mol. The molecule has 2 atom stereocenters. The fraction of sp³-hybridized carbons (Fsp3) is 0.944. The smallest absolute Gasteiger partial charge is 0.220 e. The van der Waals surface area contributed by atoms with Gasteiger partial charge in [0.2, 0.25) is 5.91 Å². The maximum absolute atomic E-state index is 12.5. The number of hydrogen-bond donors (Lipinski definition) is 2. The standard InChI is InChI=1S/C18H37N3O.2ClH/c1-14(15-7-10-19-11-8-15)13-17(22)20-16(18(2,3)4)9-12-21(5)6;;/h14-16,19H,7-13H2,1-6H3,(H,20,22);2*1H. The topological polar surface area (TPSA) is 44.4 Å². The molecule has 1 amide bonds. The van der Waals surface area contributed by atoms with Gasteiger partial charge >= 0.3 is 0 Å². The molecule has 146 valence electrons. The van der Waals surface area contributed by atoms with Crippen molar-refractivity contribution in [2.45, 2.75) is 59.4 Å². The number of nitrogens with zero attached hydrogens (tertiary/aromatic N) is 1. The van der Waals surface area contributed by atoms with Crippen LogP contribution >= 0.6 is 24.8 Å². The monoisotopic (exact) mass is 383 g/mol. The lowest BCUT2D eigenvalue weighted by Crippen LogP contribution is -2.46. The quantitative estimate of drug-likeness (QED) is 0.708. The third-order valence-corrected chi connectivity index (χ3v) is 4.94. The van der Waals surface area contributed by atoms with Gasteiger partial charge in [-0.3, -0.25) is 4.79 Å². The summed E-state index contributed by atoms with van der Waals surface area (Å²) < 4.78 is 0. The van der Waals surface area contributed by atoms with Crippen LogP contribution in [-0.4, -0.2) is 50.6 Å². The molecule has 1 heterocycles. The number of amides is 1. The van der Waals surface area contributed by atoms with Crippen molar-refractivity contribution < 1.29 is 4.79 Å². The van der Waals surface area contributed by atoms with Gasteiger partial charge in [0.15, 0.2) is 0 Å². The highest BCUT2D eigenvalue weighted by molar-refractivity contribution is 5.85. The summed E-state index contributed by atoms with van der Waals surface area (Å²) in [5.41, 5.74) is 0.101. The Kier molecular flexibility index (Phi) is 13.5. The van der Waals surface area contributed by atoms with Crippen molar-refractivity contribution >= 4 is 30.7 Å². The lowest BCUT2D eigenvalue weighted by molar-refractivity contribution is -0.124. The van der Waals surface area contributed by atoms with Crippen LogP contribution in [0.3, 0.4) is 0 Å².